The SMILES string of the molecule is C=[N+](N)c1ccc2nc(-c3ccc(OCCCOCCCOc4ccc(-c5nc6ccc([N+](=C)N)cc6[nH]5)cc4)cc3)[nH]c2c1. The van der Waals surface area contributed by atoms with E-state index in [2.05, 4.69) is 33.4 Å². The van der Waals surface area contributed by atoms with E-state index in [4.69, 9.17) is 25.9 Å². The first-order valence-corrected chi connectivity index (χ1v) is 14.7. The van der Waals surface area contributed by atoms with Gasteiger partial charge in [-0.15, -0.1) is 0 Å². The third-order valence-electron chi connectivity index (χ3n) is 7.25. The van der Waals surface area contributed by atoms with Crippen molar-refractivity contribution in [3.05, 3.63) is 84.9 Å². The first-order chi connectivity index (χ1) is 21.9. The average molecular weight is 605 g/mol. The van der Waals surface area contributed by atoms with Gasteiger partial charge in [0.15, 0.2) is 13.4 Å². The highest BCUT2D eigenvalue weighted by atomic mass is 16.5. The quantitative estimate of drug-likeness (QED) is 0.0425. The number of fused-ring (bicyclic) bond motifs is 2. The largest absolute Gasteiger partial charge is 0.494 e. The Morgan fingerprint density at radius 2 is 1.00 bits per heavy atom. The first kappa shape index (κ1) is 29.4. The van der Waals surface area contributed by atoms with Gasteiger partial charge in [0.05, 0.1) is 35.3 Å². The molecule has 0 bridgehead atoms. The minimum Gasteiger partial charge on any atom is -0.494 e. The number of hydrogen-bond donors (Lipinski definition) is 4. The van der Waals surface area contributed by atoms with Crippen molar-refractivity contribution < 1.29 is 23.6 Å². The monoisotopic (exact) mass is 604 g/mol. The van der Waals surface area contributed by atoms with Crippen LogP contribution < -0.4 is 21.2 Å². The lowest BCUT2D eigenvalue weighted by atomic mass is 10.2. The molecule has 6 aromatic rings. The molecule has 6 N–H and O–H groups in total. The minimum absolute atomic E-state index is 0.573. The van der Waals surface area contributed by atoms with E-state index in [0.717, 1.165) is 80.6 Å². The summed E-state index contributed by atoms with van der Waals surface area (Å²) in [6.45, 7) is 9.82. The van der Waals surface area contributed by atoms with E-state index in [1.807, 2.05) is 84.9 Å². The van der Waals surface area contributed by atoms with Crippen molar-refractivity contribution in [3.63, 3.8) is 0 Å². The topological polar surface area (TPSA) is 143 Å². The van der Waals surface area contributed by atoms with Crippen molar-refractivity contribution in [2.75, 3.05) is 26.4 Å². The zero-order valence-corrected chi connectivity index (χ0v) is 24.9. The summed E-state index contributed by atoms with van der Waals surface area (Å²) in [5, 5.41) is 0. The molecule has 4 aromatic carbocycles. The number of nitrogens with one attached hydrogen (secondary N) is 2. The van der Waals surface area contributed by atoms with E-state index in [1.54, 1.807) is 0 Å². The molecular formula is C34H36N8O3+2. The lowest BCUT2D eigenvalue weighted by Gasteiger charge is -2.09. The molecule has 0 aliphatic carbocycles. The maximum Gasteiger partial charge on any atom is 0.236 e. The molecule has 6 rings (SSSR count). The van der Waals surface area contributed by atoms with E-state index in [0.29, 0.717) is 26.4 Å². The molecule has 2 heterocycles. The maximum atomic E-state index is 5.88. The fraction of sp³-hybridized carbons (Fsp3) is 0.176. The molecule has 11 nitrogen and oxygen atoms in total. The Bertz CT molecular complexity index is 1800. The van der Waals surface area contributed by atoms with Crippen LogP contribution in [0.25, 0.3) is 44.8 Å². The molecule has 0 aliphatic rings. The average Bonchev–Trinajstić information content (AvgIpc) is 3.68. The van der Waals surface area contributed by atoms with Gasteiger partial charge < -0.3 is 24.2 Å². The molecule has 0 amide bonds. The van der Waals surface area contributed by atoms with Crippen LogP contribution in [0.1, 0.15) is 12.8 Å². The van der Waals surface area contributed by atoms with E-state index >= 15 is 0 Å². The Kier molecular flexibility index (Phi) is 8.70. The van der Waals surface area contributed by atoms with Crippen LogP contribution in [0.4, 0.5) is 11.4 Å². The number of nitrogens with two attached hydrogens (primary N) is 2. The normalized spacial score (nSPS) is 11.2. The van der Waals surface area contributed by atoms with Gasteiger partial charge in [-0.1, -0.05) is 9.37 Å². The Morgan fingerprint density at radius 3 is 1.40 bits per heavy atom. The molecule has 0 radical (unpaired) electrons. The van der Waals surface area contributed by atoms with Gasteiger partial charge in [0.25, 0.3) is 0 Å². The van der Waals surface area contributed by atoms with Crippen molar-refractivity contribution >= 4 is 46.9 Å². The van der Waals surface area contributed by atoms with Gasteiger partial charge in [0, 0.05) is 61.4 Å². The summed E-state index contributed by atoms with van der Waals surface area (Å²) in [6.07, 6.45) is 1.59. The number of hydrazine groups is 2. The van der Waals surface area contributed by atoms with Crippen molar-refractivity contribution in [2.45, 2.75) is 12.8 Å². The van der Waals surface area contributed by atoms with Crippen molar-refractivity contribution in [1.82, 2.24) is 19.9 Å². The van der Waals surface area contributed by atoms with Crippen LogP contribution in [0.15, 0.2) is 84.9 Å². The molecule has 0 aliphatic heterocycles. The summed E-state index contributed by atoms with van der Waals surface area (Å²) in [7, 11) is 0. The number of rotatable bonds is 14. The number of aromatic amines is 2. The highest BCUT2D eigenvalue weighted by Crippen LogP contribution is 2.26. The molecule has 228 valence electrons. The van der Waals surface area contributed by atoms with Gasteiger partial charge in [0.2, 0.25) is 11.4 Å². The minimum atomic E-state index is 0.573. The molecule has 0 fully saturated rings. The molecule has 0 saturated heterocycles. The molecule has 11 heteroatoms. The summed E-state index contributed by atoms with van der Waals surface area (Å²) in [5.74, 6) is 14.6. The fourth-order valence-corrected chi connectivity index (χ4v) is 4.85. The third-order valence-corrected chi connectivity index (χ3v) is 7.25. The van der Waals surface area contributed by atoms with Crippen LogP contribution in [0.5, 0.6) is 11.5 Å². The van der Waals surface area contributed by atoms with Crippen molar-refractivity contribution in [2.24, 2.45) is 11.7 Å². The number of ether oxygens (including phenoxy) is 3. The number of hydrazone groups is 2. The fourth-order valence-electron chi connectivity index (χ4n) is 4.85. The highest BCUT2D eigenvalue weighted by Gasteiger charge is 2.11. The summed E-state index contributed by atoms with van der Waals surface area (Å²) in [5.41, 5.74) is 7.08. The summed E-state index contributed by atoms with van der Waals surface area (Å²) >= 11 is 0. The predicted molar refractivity (Wildman–Crippen MR) is 177 cm³/mol. The van der Waals surface area contributed by atoms with Crippen molar-refractivity contribution in [3.8, 4) is 34.3 Å². The first-order valence-electron chi connectivity index (χ1n) is 14.7. The number of benzene rings is 4. The summed E-state index contributed by atoms with van der Waals surface area (Å²) in [6, 6.07) is 27.2. The van der Waals surface area contributed by atoms with Crippen LogP contribution in [0.3, 0.4) is 0 Å². The van der Waals surface area contributed by atoms with Gasteiger partial charge in [-0.3, -0.25) is 0 Å². The van der Waals surface area contributed by atoms with E-state index < -0.39 is 0 Å². The summed E-state index contributed by atoms with van der Waals surface area (Å²) in [4.78, 5) is 16.0. The Morgan fingerprint density at radius 1 is 0.578 bits per heavy atom. The molecular weight excluding hydrogens is 568 g/mol. The number of aromatic nitrogens is 4. The second-order valence-electron chi connectivity index (χ2n) is 10.6. The Labute approximate surface area is 260 Å². The molecule has 45 heavy (non-hydrogen) atoms. The standard InChI is InChI=1S/C34H36N8O3/c1-41(35)25-9-15-29-31(21-25)39-33(37-29)23-5-11-27(12-6-23)44-19-3-17-43-18-4-20-45-28-13-7-24(8-14-28)34-38-30-16-10-26(42(2)36)22-32(30)40-34/h5-16,21-22H,1-4,17-20,35-36H2,(H,37,39)(H,38,40)/q+2. The second kappa shape index (κ2) is 13.3. The number of H-pyrrole nitrogens is 2. The molecule has 0 saturated carbocycles. The van der Waals surface area contributed by atoms with E-state index in [-0.39, 0.29) is 0 Å². The smallest absolute Gasteiger partial charge is 0.236 e. The van der Waals surface area contributed by atoms with Crippen LogP contribution >= 0.6 is 0 Å². The lowest BCUT2D eigenvalue weighted by Crippen LogP contribution is -2.09. The van der Waals surface area contributed by atoms with Crippen LogP contribution in [-0.2, 0) is 4.74 Å². The lowest BCUT2D eigenvalue weighted by molar-refractivity contribution is -0.442. The molecule has 0 atom stereocenters. The van der Waals surface area contributed by atoms with Gasteiger partial charge in [-0.05, 0) is 60.7 Å². The van der Waals surface area contributed by atoms with E-state index in [1.165, 1.54) is 9.37 Å². The van der Waals surface area contributed by atoms with Crippen LogP contribution in [-0.4, -0.2) is 69.2 Å². The van der Waals surface area contributed by atoms with Crippen molar-refractivity contribution in [1.29, 1.82) is 0 Å². The van der Waals surface area contributed by atoms with Gasteiger partial charge in [0.1, 0.15) is 23.1 Å². The summed E-state index contributed by atoms with van der Waals surface area (Å²) < 4.78 is 20.2. The molecule has 0 spiro atoms. The zero-order valence-electron chi connectivity index (χ0n) is 24.9. The number of nitrogens with zero attached hydrogens (tertiary/aromatic N) is 4. The zero-order chi connectivity index (χ0) is 31.2. The van der Waals surface area contributed by atoms with Gasteiger partial charge in [-0.25, -0.2) is 21.7 Å². The second-order valence-corrected chi connectivity index (χ2v) is 10.6. The molecule has 0 unspecified atom stereocenters. The van der Waals surface area contributed by atoms with E-state index in [9.17, 15) is 0 Å². The van der Waals surface area contributed by atoms with Crippen LogP contribution in [0.2, 0.25) is 0 Å². The number of imidazole rings is 2. The third kappa shape index (κ3) is 7.11. The predicted octanol–water partition coefficient (Wildman–Crippen LogP) is 5.46. The molecule has 2 aromatic heterocycles. The Hall–Kier alpha value is -5.68. The maximum absolute atomic E-state index is 5.88. The van der Waals surface area contributed by atoms with Crippen LogP contribution in [0, 0.1) is 0 Å². The highest BCUT2D eigenvalue weighted by molar-refractivity contribution is 5.82. The van der Waals surface area contributed by atoms with Gasteiger partial charge >= 0.3 is 0 Å². The number of hydrogen-bond acceptors (Lipinski definition) is 7. The van der Waals surface area contributed by atoms with Gasteiger partial charge in [-0.2, -0.15) is 0 Å². The Balaban J connectivity index is 0.867.